The maximum Gasteiger partial charge on any atom is 0.407 e. The molecule has 0 unspecified atom stereocenters. The minimum atomic E-state index is -2.92. The van der Waals surface area contributed by atoms with E-state index < -0.39 is 32.7 Å². The molecule has 2 N–H and O–H groups in total. The van der Waals surface area contributed by atoms with E-state index in [1.807, 2.05) is 12.1 Å². The van der Waals surface area contributed by atoms with Crippen LogP contribution in [0.4, 0.5) is 4.79 Å². The second-order valence-corrected chi connectivity index (χ2v) is 17.1. The topological polar surface area (TPSA) is 67.8 Å². The maximum absolute atomic E-state index is 12.1. The Balaban J connectivity index is 1.67. The van der Waals surface area contributed by atoms with Crippen molar-refractivity contribution in [2.45, 2.75) is 134 Å². The van der Waals surface area contributed by atoms with Gasteiger partial charge < -0.3 is 19.6 Å². The van der Waals surface area contributed by atoms with E-state index in [0.717, 1.165) is 23.2 Å². The third-order valence-electron chi connectivity index (χ3n) is 8.56. The molecule has 6 heteroatoms. The van der Waals surface area contributed by atoms with Gasteiger partial charge in [-0.3, -0.25) is 0 Å². The minimum Gasteiger partial charge on any atom is -0.447 e. The molecule has 3 rings (SSSR count). The van der Waals surface area contributed by atoms with Gasteiger partial charge in [0.25, 0.3) is 8.32 Å². The molecular formula is C35H55NO4Si. The number of aliphatic hydroxyl groups excluding tert-OH is 1. The van der Waals surface area contributed by atoms with Crippen LogP contribution in [0.5, 0.6) is 0 Å². The fraction of sp³-hybridized carbons (Fsp3) is 0.629. The van der Waals surface area contributed by atoms with Crippen LogP contribution in [0.2, 0.25) is 5.04 Å². The van der Waals surface area contributed by atoms with Crippen LogP contribution in [0.25, 0.3) is 0 Å². The molecule has 0 aliphatic carbocycles. The van der Waals surface area contributed by atoms with Gasteiger partial charge in [-0.25, -0.2) is 4.79 Å². The monoisotopic (exact) mass is 581 g/mol. The zero-order valence-corrected chi connectivity index (χ0v) is 27.1. The van der Waals surface area contributed by atoms with Crippen molar-refractivity contribution >= 4 is 24.8 Å². The molecule has 5 nitrogen and oxygen atoms in total. The highest BCUT2D eigenvalue weighted by Crippen LogP contribution is 2.38. The molecule has 0 bridgehead atoms. The normalized spacial score (nSPS) is 17.2. The van der Waals surface area contributed by atoms with Crippen molar-refractivity contribution in [1.29, 1.82) is 0 Å². The summed E-state index contributed by atoms with van der Waals surface area (Å²) in [5.41, 5.74) is 0. The molecule has 1 saturated heterocycles. The van der Waals surface area contributed by atoms with E-state index in [9.17, 15) is 9.90 Å². The summed E-state index contributed by atoms with van der Waals surface area (Å²) in [5.74, 6) is 0. The molecule has 2 aromatic carbocycles. The molecule has 1 aliphatic heterocycles. The summed E-state index contributed by atoms with van der Waals surface area (Å²) < 4.78 is 12.6. The number of carbonyl (C=O) groups excluding carboxylic acids is 1. The van der Waals surface area contributed by atoms with Crippen molar-refractivity contribution in [3.8, 4) is 0 Å². The molecule has 2 aromatic rings. The molecule has 0 radical (unpaired) electrons. The van der Waals surface area contributed by atoms with Gasteiger partial charge in [-0.15, -0.1) is 0 Å². The summed E-state index contributed by atoms with van der Waals surface area (Å²) in [7, 11) is -2.92. The Morgan fingerprint density at radius 1 is 0.829 bits per heavy atom. The van der Waals surface area contributed by atoms with Crippen LogP contribution in [-0.2, 0) is 9.16 Å². The number of benzene rings is 2. The van der Waals surface area contributed by atoms with Crippen LogP contribution in [0, 0.1) is 0 Å². The van der Waals surface area contributed by atoms with Gasteiger partial charge in [0.05, 0.1) is 18.2 Å². The number of carbonyl (C=O) groups is 1. The Morgan fingerprint density at radius 2 is 1.29 bits per heavy atom. The zero-order chi connectivity index (χ0) is 29.6. The number of amides is 1. The number of hydrogen-bond acceptors (Lipinski definition) is 4. The van der Waals surface area contributed by atoms with Gasteiger partial charge in [0.1, 0.15) is 6.61 Å². The Morgan fingerprint density at radius 3 is 1.71 bits per heavy atom. The third kappa shape index (κ3) is 9.69. The first kappa shape index (κ1) is 33.4. The van der Waals surface area contributed by atoms with Gasteiger partial charge >= 0.3 is 6.09 Å². The molecular weight excluding hydrogens is 526 g/mol. The van der Waals surface area contributed by atoms with E-state index in [0.29, 0.717) is 6.42 Å². The number of cyclic esters (lactones) is 1. The average molecular weight is 582 g/mol. The van der Waals surface area contributed by atoms with Gasteiger partial charge in [0.15, 0.2) is 0 Å². The van der Waals surface area contributed by atoms with Crippen molar-refractivity contribution in [3.05, 3.63) is 60.7 Å². The molecule has 1 fully saturated rings. The summed E-state index contributed by atoms with van der Waals surface area (Å²) >= 11 is 0. The highest BCUT2D eigenvalue weighted by molar-refractivity contribution is 6.99. The number of rotatable bonds is 19. The summed E-state index contributed by atoms with van der Waals surface area (Å²) in [6.07, 6.45) is 14.3. The fourth-order valence-electron chi connectivity index (χ4n) is 6.26. The Bertz CT molecular complexity index is 955. The van der Waals surface area contributed by atoms with Crippen molar-refractivity contribution in [2.75, 3.05) is 6.61 Å². The summed E-state index contributed by atoms with van der Waals surface area (Å²) in [5, 5.41) is 16.7. The van der Waals surface area contributed by atoms with E-state index in [1.165, 1.54) is 64.2 Å². The van der Waals surface area contributed by atoms with Crippen molar-refractivity contribution < 1.29 is 19.1 Å². The highest BCUT2D eigenvalue weighted by Gasteiger charge is 2.53. The van der Waals surface area contributed by atoms with Crippen LogP contribution in [0.3, 0.4) is 0 Å². The second-order valence-electron chi connectivity index (χ2n) is 12.8. The van der Waals surface area contributed by atoms with Crippen LogP contribution >= 0.6 is 0 Å². The number of ether oxygens (including phenoxy) is 1. The van der Waals surface area contributed by atoms with E-state index in [-0.39, 0.29) is 11.6 Å². The standard InChI is InChI=1S/C35H55NO4Si/c1-5-6-7-8-9-10-11-12-13-14-15-22-27-32(37)33(31-28-39-34(38)36-31)40-41(35(2,3)4,29-23-18-16-19-24-29)30-25-20-17-21-26-30/h16-21,23-26,31-33,37H,5-15,22,27-28H2,1-4H3,(H,36,38)/t31-,32+,33-/m0/s1. The highest BCUT2D eigenvalue weighted by atomic mass is 28.4. The number of hydrogen-bond donors (Lipinski definition) is 2. The number of aliphatic hydroxyl groups is 1. The summed E-state index contributed by atoms with van der Waals surface area (Å²) in [6.45, 7) is 9.17. The van der Waals surface area contributed by atoms with E-state index in [4.69, 9.17) is 9.16 Å². The average Bonchev–Trinajstić information content (AvgIpc) is 3.40. The van der Waals surface area contributed by atoms with Gasteiger partial charge in [0, 0.05) is 0 Å². The Kier molecular flexibility index (Phi) is 13.9. The Hall–Kier alpha value is -2.15. The molecule has 228 valence electrons. The summed E-state index contributed by atoms with van der Waals surface area (Å²) in [4.78, 5) is 12.1. The quantitative estimate of drug-likeness (QED) is 0.133. The molecule has 1 aliphatic rings. The van der Waals surface area contributed by atoms with Crippen LogP contribution in [0.1, 0.15) is 111 Å². The van der Waals surface area contributed by atoms with Gasteiger partial charge in [-0.2, -0.15) is 0 Å². The molecule has 3 atom stereocenters. The van der Waals surface area contributed by atoms with Crippen LogP contribution in [0.15, 0.2) is 60.7 Å². The first-order chi connectivity index (χ1) is 19.8. The number of alkyl carbamates (subject to hydrolysis) is 1. The second kappa shape index (κ2) is 17.1. The molecule has 0 saturated carbocycles. The zero-order valence-electron chi connectivity index (χ0n) is 26.1. The lowest BCUT2D eigenvalue weighted by Crippen LogP contribution is -2.70. The number of nitrogens with one attached hydrogen (secondary N) is 1. The maximum atomic E-state index is 12.1. The molecule has 1 amide bonds. The molecule has 1 heterocycles. The van der Waals surface area contributed by atoms with E-state index >= 15 is 0 Å². The SMILES string of the molecule is CCCCCCCCCCCCCC[C@@H](O)[C@@H](O[Si](c1ccccc1)(c1ccccc1)C(C)(C)C)[C@@H]1COC(=O)N1. The van der Waals surface area contributed by atoms with Gasteiger partial charge in [0.2, 0.25) is 0 Å². The van der Waals surface area contributed by atoms with Crippen molar-refractivity contribution in [2.24, 2.45) is 0 Å². The first-order valence-corrected chi connectivity index (χ1v) is 18.1. The molecule has 0 spiro atoms. The van der Waals surface area contributed by atoms with Crippen molar-refractivity contribution in [1.82, 2.24) is 5.32 Å². The lowest BCUT2D eigenvalue weighted by molar-refractivity contribution is 0.00289. The van der Waals surface area contributed by atoms with E-state index in [2.05, 4.69) is 81.5 Å². The van der Waals surface area contributed by atoms with Crippen LogP contribution in [-0.4, -0.2) is 44.4 Å². The van der Waals surface area contributed by atoms with Gasteiger partial charge in [-0.1, -0.05) is 165 Å². The Labute approximate surface area is 250 Å². The lowest BCUT2D eigenvalue weighted by Gasteiger charge is -2.46. The largest absolute Gasteiger partial charge is 0.447 e. The predicted octanol–water partition coefficient (Wildman–Crippen LogP) is 7.49. The van der Waals surface area contributed by atoms with Gasteiger partial charge in [-0.05, 0) is 21.8 Å². The van der Waals surface area contributed by atoms with Crippen LogP contribution < -0.4 is 15.7 Å². The minimum absolute atomic E-state index is 0.206. The summed E-state index contributed by atoms with van der Waals surface area (Å²) in [6, 6.07) is 20.5. The van der Waals surface area contributed by atoms with E-state index in [1.54, 1.807) is 0 Å². The predicted molar refractivity (Wildman–Crippen MR) is 172 cm³/mol. The van der Waals surface area contributed by atoms with Crippen molar-refractivity contribution in [3.63, 3.8) is 0 Å². The first-order valence-electron chi connectivity index (χ1n) is 16.2. The molecule has 41 heavy (non-hydrogen) atoms. The fourth-order valence-corrected chi connectivity index (χ4v) is 11.0. The smallest absolute Gasteiger partial charge is 0.407 e. The molecule has 0 aromatic heterocycles. The third-order valence-corrected chi connectivity index (χ3v) is 13.6. The number of unbranched alkanes of at least 4 members (excludes halogenated alkanes) is 11. The lowest BCUT2D eigenvalue weighted by atomic mass is 10.00.